The predicted molar refractivity (Wildman–Crippen MR) is 118 cm³/mol. The van der Waals surface area contributed by atoms with Gasteiger partial charge in [-0.05, 0) is 55.3 Å². The minimum Gasteiger partial charge on any atom is -0.497 e. The third kappa shape index (κ3) is 6.50. The van der Waals surface area contributed by atoms with Gasteiger partial charge in [-0.1, -0.05) is 0 Å². The molecule has 0 aliphatic heterocycles. The molecule has 28 heavy (non-hydrogen) atoms. The fourth-order valence-electron chi connectivity index (χ4n) is 2.71. The smallest absolute Gasteiger partial charge is 0.191 e. The maximum atomic E-state index is 13.7. The number of nitrogens with one attached hydrogen (secondary N) is 2. The molecule has 8 heteroatoms. The minimum atomic E-state index is -0.451. The van der Waals surface area contributed by atoms with E-state index < -0.39 is 11.6 Å². The summed E-state index contributed by atoms with van der Waals surface area (Å²) in [6.07, 6.45) is 0.334. The van der Waals surface area contributed by atoms with Crippen molar-refractivity contribution in [2.45, 2.75) is 19.4 Å². The highest BCUT2D eigenvalue weighted by molar-refractivity contribution is 14.0. The highest BCUT2D eigenvalue weighted by atomic mass is 127. The molecule has 154 valence electrons. The summed E-state index contributed by atoms with van der Waals surface area (Å²) in [5.74, 6) is 1.13. The number of rotatable bonds is 7. The van der Waals surface area contributed by atoms with Crippen molar-refractivity contribution in [1.82, 2.24) is 10.6 Å². The molecule has 0 spiro atoms. The van der Waals surface area contributed by atoms with E-state index in [1.54, 1.807) is 21.3 Å². The van der Waals surface area contributed by atoms with E-state index in [0.717, 1.165) is 29.2 Å². The standard InChI is InChI=1S/C20H25F2N3O2.HI/c1-13(17-12-16(26-3)6-8-19(17)27-4)25-20(23-2)24-10-9-14-11-15(21)5-7-18(14)22;/h5-8,11-13H,9-10H2,1-4H3,(H2,23,24,25);1H. The summed E-state index contributed by atoms with van der Waals surface area (Å²) >= 11 is 0. The maximum Gasteiger partial charge on any atom is 0.191 e. The second kappa shape index (κ2) is 11.7. The molecule has 2 rings (SSSR count). The first-order valence-corrected chi connectivity index (χ1v) is 8.61. The van der Waals surface area contributed by atoms with Crippen molar-refractivity contribution in [1.29, 1.82) is 0 Å². The zero-order valence-corrected chi connectivity index (χ0v) is 18.7. The summed E-state index contributed by atoms with van der Waals surface area (Å²) in [5, 5.41) is 6.37. The Labute approximate surface area is 181 Å². The van der Waals surface area contributed by atoms with Gasteiger partial charge in [0.25, 0.3) is 0 Å². The molecular weight excluding hydrogens is 479 g/mol. The first kappa shape index (κ1) is 23.9. The van der Waals surface area contributed by atoms with E-state index in [1.807, 2.05) is 25.1 Å². The van der Waals surface area contributed by atoms with Crippen LogP contribution >= 0.6 is 24.0 Å². The van der Waals surface area contributed by atoms with Gasteiger partial charge in [-0.2, -0.15) is 0 Å². The van der Waals surface area contributed by atoms with Crippen LogP contribution in [-0.4, -0.2) is 33.8 Å². The minimum absolute atomic E-state index is 0. The van der Waals surface area contributed by atoms with E-state index in [9.17, 15) is 8.78 Å². The van der Waals surface area contributed by atoms with Crippen LogP contribution in [0.5, 0.6) is 11.5 Å². The SMILES string of the molecule is CN=C(NCCc1cc(F)ccc1F)NC(C)c1cc(OC)ccc1OC.I. The first-order chi connectivity index (χ1) is 13.0. The normalized spacial score (nSPS) is 12.0. The first-order valence-electron chi connectivity index (χ1n) is 8.61. The molecule has 0 aromatic heterocycles. The van der Waals surface area contributed by atoms with Crippen LogP contribution in [0.15, 0.2) is 41.4 Å². The van der Waals surface area contributed by atoms with Gasteiger partial charge >= 0.3 is 0 Å². The fraction of sp³-hybridized carbons (Fsp3) is 0.350. The van der Waals surface area contributed by atoms with Crippen LogP contribution in [0.3, 0.4) is 0 Å². The molecule has 0 radical (unpaired) electrons. The molecule has 0 heterocycles. The Morgan fingerprint density at radius 2 is 1.86 bits per heavy atom. The molecule has 0 bridgehead atoms. The van der Waals surface area contributed by atoms with E-state index in [1.165, 1.54) is 6.07 Å². The number of halogens is 3. The molecule has 5 nitrogen and oxygen atoms in total. The lowest BCUT2D eigenvalue weighted by Crippen LogP contribution is -2.39. The molecule has 0 fully saturated rings. The average molecular weight is 505 g/mol. The quantitative estimate of drug-likeness (QED) is 0.339. The molecule has 0 amide bonds. The number of methoxy groups -OCH3 is 2. The lowest BCUT2D eigenvalue weighted by molar-refractivity contribution is 0.394. The Morgan fingerprint density at radius 3 is 2.50 bits per heavy atom. The largest absolute Gasteiger partial charge is 0.497 e. The molecule has 2 aromatic rings. The van der Waals surface area contributed by atoms with Crippen LogP contribution in [0.2, 0.25) is 0 Å². The molecule has 0 aliphatic rings. The van der Waals surface area contributed by atoms with Crippen molar-refractivity contribution >= 4 is 29.9 Å². The van der Waals surface area contributed by atoms with Crippen LogP contribution in [0.4, 0.5) is 8.78 Å². The van der Waals surface area contributed by atoms with Crippen molar-refractivity contribution in [3.8, 4) is 11.5 Å². The summed E-state index contributed by atoms with van der Waals surface area (Å²) in [5.41, 5.74) is 1.23. The Balaban J connectivity index is 0.00000392. The highest BCUT2D eigenvalue weighted by Crippen LogP contribution is 2.29. The molecule has 2 aromatic carbocycles. The van der Waals surface area contributed by atoms with Gasteiger partial charge in [0.05, 0.1) is 20.3 Å². The van der Waals surface area contributed by atoms with E-state index in [4.69, 9.17) is 9.47 Å². The second-order valence-electron chi connectivity index (χ2n) is 5.96. The summed E-state index contributed by atoms with van der Waals surface area (Å²) < 4.78 is 37.6. The Morgan fingerprint density at radius 1 is 1.11 bits per heavy atom. The van der Waals surface area contributed by atoms with Gasteiger partial charge in [0.1, 0.15) is 23.1 Å². The van der Waals surface area contributed by atoms with Crippen LogP contribution in [0.25, 0.3) is 0 Å². The topological polar surface area (TPSA) is 54.9 Å². The third-order valence-electron chi connectivity index (χ3n) is 4.17. The number of guanidine groups is 1. The van der Waals surface area contributed by atoms with Crippen LogP contribution in [0.1, 0.15) is 24.1 Å². The molecular formula is C20H26F2IN3O2. The van der Waals surface area contributed by atoms with E-state index >= 15 is 0 Å². The third-order valence-corrected chi connectivity index (χ3v) is 4.17. The van der Waals surface area contributed by atoms with E-state index in [2.05, 4.69) is 15.6 Å². The van der Waals surface area contributed by atoms with Crippen molar-refractivity contribution < 1.29 is 18.3 Å². The van der Waals surface area contributed by atoms with Crippen molar-refractivity contribution in [3.63, 3.8) is 0 Å². The summed E-state index contributed by atoms with van der Waals surface area (Å²) in [4.78, 5) is 4.18. The van der Waals surface area contributed by atoms with Gasteiger partial charge in [0, 0.05) is 19.2 Å². The van der Waals surface area contributed by atoms with Crippen LogP contribution in [0, 0.1) is 11.6 Å². The van der Waals surface area contributed by atoms with Crippen LogP contribution < -0.4 is 20.1 Å². The Hall–Kier alpha value is -2.10. The highest BCUT2D eigenvalue weighted by Gasteiger charge is 2.14. The Kier molecular flexibility index (Phi) is 9.98. The monoisotopic (exact) mass is 505 g/mol. The number of nitrogens with zero attached hydrogens (tertiary/aromatic N) is 1. The fourth-order valence-corrected chi connectivity index (χ4v) is 2.71. The molecule has 1 atom stereocenters. The lowest BCUT2D eigenvalue weighted by Gasteiger charge is -2.21. The average Bonchev–Trinajstić information content (AvgIpc) is 2.68. The van der Waals surface area contributed by atoms with E-state index in [-0.39, 0.29) is 30.0 Å². The molecule has 2 N–H and O–H groups in total. The summed E-state index contributed by atoms with van der Waals surface area (Å²) in [6, 6.07) is 8.89. The van der Waals surface area contributed by atoms with Gasteiger partial charge in [0.2, 0.25) is 0 Å². The lowest BCUT2D eigenvalue weighted by atomic mass is 10.1. The second-order valence-corrected chi connectivity index (χ2v) is 5.96. The van der Waals surface area contributed by atoms with Gasteiger partial charge in [-0.3, -0.25) is 4.99 Å². The number of aliphatic imine (C=N–C) groups is 1. The molecule has 0 saturated carbocycles. The molecule has 0 aliphatic carbocycles. The Bertz CT molecular complexity index is 803. The van der Waals surface area contributed by atoms with Crippen molar-refractivity contribution in [2.24, 2.45) is 4.99 Å². The van der Waals surface area contributed by atoms with Gasteiger partial charge in [0.15, 0.2) is 5.96 Å². The number of ether oxygens (including phenoxy) is 2. The van der Waals surface area contributed by atoms with E-state index in [0.29, 0.717) is 24.5 Å². The maximum absolute atomic E-state index is 13.7. The van der Waals surface area contributed by atoms with Gasteiger partial charge in [-0.15, -0.1) is 24.0 Å². The van der Waals surface area contributed by atoms with Gasteiger partial charge < -0.3 is 20.1 Å². The number of benzene rings is 2. The molecule has 1 unspecified atom stereocenters. The predicted octanol–water partition coefficient (Wildman–Crippen LogP) is 4.07. The van der Waals surface area contributed by atoms with Gasteiger partial charge in [-0.25, -0.2) is 8.78 Å². The zero-order chi connectivity index (χ0) is 19.8. The number of hydrogen-bond acceptors (Lipinski definition) is 3. The van der Waals surface area contributed by atoms with Crippen LogP contribution in [-0.2, 0) is 6.42 Å². The zero-order valence-electron chi connectivity index (χ0n) is 16.4. The van der Waals surface area contributed by atoms with Crippen molar-refractivity contribution in [2.75, 3.05) is 27.8 Å². The molecule has 0 saturated heterocycles. The summed E-state index contributed by atoms with van der Waals surface area (Å²) in [6.45, 7) is 2.37. The van der Waals surface area contributed by atoms with Crippen molar-refractivity contribution in [3.05, 3.63) is 59.2 Å². The summed E-state index contributed by atoms with van der Waals surface area (Å²) in [7, 11) is 4.86. The number of hydrogen-bond donors (Lipinski definition) is 2.